The number of rotatable bonds is 3. The van der Waals surface area contributed by atoms with Crippen molar-refractivity contribution in [3.05, 3.63) is 24.1 Å². The van der Waals surface area contributed by atoms with Gasteiger partial charge in [-0.15, -0.1) is 0 Å². The first-order valence-electron chi connectivity index (χ1n) is 6.26. The molecule has 0 N–H and O–H groups in total. The molecule has 1 atom stereocenters. The van der Waals surface area contributed by atoms with Gasteiger partial charge in [0.2, 0.25) is 0 Å². The Labute approximate surface area is 110 Å². The zero-order valence-electron chi connectivity index (χ0n) is 11.3. The molecule has 0 aliphatic carbocycles. The van der Waals surface area contributed by atoms with Gasteiger partial charge in [0, 0.05) is 30.5 Å². The van der Waals surface area contributed by atoms with Gasteiger partial charge in [-0.2, -0.15) is 0 Å². The van der Waals surface area contributed by atoms with E-state index in [4.69, 9.17) is 4.74 Å². The van der Waals surface area contributed by atoms with E-state index in [1.54, 1.807) is 10.9 Å². The van der Waals surface area contributed by atoms with E-state index >= 15 is 0 Å². The molecule has 1 rings (SSSR count). The monoisotopic (exact) mass is 247 g/mol. The highest BCUT2D eigenvalue weighted by atomic mass is 16.6. The molecule has 0 saturated heterocycles. The molecule has 5 heteroatoms. The summed E-state index contributed by atoms with van der Waals surface area (Å²) in [6.45, 7) is 10.2. The summed E-state index contributed by atoms with van der Waals surface area (Å²) in [5.41, 5.74) is 0.783. The highest BCUT2D eigenvalue weighted by molar-refractivity contribution is 6.36. The van der Waals surface area contributed by atoms with Crippen molar-refractivity contribution in [2.45, 2.75) is 33.5 Å². The Bertz CT molecular complexity index is 377. The standard InChI is InChI=1S/C13H20BN2O2/c1-5-6-14-16-9-10(2)8-15-11(3)7-12(4)18-13(16)17/h7-8,10H,4-6,9H2,1-3H3/b11-7-,15-8?. The number of hydrogen-bond acceptors (Lipinski definition) is 3. The Kier molecular flexibility index (Phi) is 5.69. The highest BCUT2D eigenvalue weighted by Gasteiger charge is 2.19. The van der Waals surface area contributed by atoms with Crippen molar-refractivity contribution in [2.75, 3.05) is 6.54 Å². The van der Waals surface area contributed by atoms with E-state index in [-0.39, 0.29) is 12.0 Å². The van der Waals surface area contributed by atoms with Gasteiger partial charge >= 0.3 is 6.09 Å². The van der Waals surface area contributed by atoms with E-state index in [0.717, 1.165) is 18.4 Å². The molecule has 1 unspecified atom stereocenters. The van der Waals surface area contributed by atoms with Gasteiger partial charge in [0.05, 0.1) is 0 Å². The molecule has 4 nitrogen and oxygen atoms in total. The molecule has 18 heavy (non-hydrogen) atoms. The smallest absolute Gasteiger partial charge is 0.402 e. The molecular formula is C13H20BN2O2. The molecule has 0 aromatic heterocycles. The zero-order chi connectivity index (χ0) is 13.5. The van der Waals surface area contributed by atoms with E-state index in [1.165, 1.54) is 0 Å². The van der Waals surface area contributed by atoms with Gasteiger partial charge in [0.15, 0.2) is 0 Å². The summed E-state index contributed by atoms with van der Waals surface area (Å²) in [6.07, 6.45) is 4.97. The summed E-state index contributed by atoms with van der Waals surface area (Å²) >= 11 is 0. The SMILES string of the molecule is C=C1/C=C(/C)N=CC(C)CN([B]CCC)C(=O)O1. The van der Waals surface area contributed by atoms with Crippen LogP contribution in [0, 0.1) is 5.92 Å². The third-order valence-corrected chi connectivity index (χ3v) is 2.48. The first-order chi connectivity index (χ1) is 8.52. The molecule has 0 bridgehead atoms. The van der Waals surface area contributed by atoms with Crippen molar-refractivity contribution in [3.63, 3.8) is 0 Å². The van der Waals surface area contributed by atoms with Crippen LogP contribution in [0.3, 0.4) is 0 Å². The number of carbonyl (C=O) groups is 1. The lowest BCUT2D eigenvalue weighted by molar-refractivity contribution is 0.155. The van der Waals surface area contributed by atoms with Crippen LogP contribution >= 0.6 is 0 Å². The van der Waals surface area contributed by atoms with Crippen LogP contribution in [0.15, 0.2) is 29.1 Å². The van der Waals surface area contributed by atoms with E-state index in [9.17, 15) is 4.79 Å². The number of cyclic esters (lactones) is 1. The second kappa shape index (κ2) is 7.04. The maximum absolute atomic E-state index is 11.9. The van der Waals surface area contributed by atoms with Crippen LogP contribution in [-0.4, -0.2) is 31.1 Å². The maximum atomic E-state index is 11.9. The minimum atomic E-state index is -0.375. The Morgan fingerprint density at radius 1 is 1.67 bits per heavy atom. The minimum absolute atomic E-state index is 0.181. The van der Waals surface area contributed by atoms with Crippen LogP contribution in [0.2, 0.25) is 6.32 Å². The van der Waals surface area contributed by atoms with Crippen molar-refractivity contribution < 1.29 is 9.53 Å². The first kappa shape index (κ1) is 14.5. The van der Waals surface area contributed by atoms with Gasteiger partial charge in [-0.05, 0) is 6.92 Å². The molecule has 97 valence electrons. The quantitative estimate of drug-likeness (QED) is 0.719. The van der Waals surface area contributed by atoms with E-state index < -0.39 is 0 Å². The fraction of sp³-hybridized carbons (Fsp3) is 0.538. The van der Waals surface area contributed by atoms with E-state index in [0.29, 0.717) is 12.3 Å². The van der Waals surface area contributed by atoms with Crippen LogP contribution in [0.5, 0.6) is 0 Å². The zero-order valence-corrected chi connectivity index (χ0v) is 11.3. The molecule has 1 aliphatic heterocycles. The maximum Gasteiger partial charge on any atom is 0.402 e. The van der Waals surface area contributed by atoms with Gasteiger partial charge in [-0.3, -0.25) is 4.99 Å². The Morgan fingerprint density at radius 2 is 2.39 bits per heavy atom. The van der Waals surface area contributed by atoms with Crippen LogP contribution in [0.25, 0.3) is 0 Å². The third-order valence-electron chi connectivity index (χ3n) is 2.48. The Morgan fingerprint density at radius 3 is 3.06 bits per heavy atom. The Balaban J connectivity index is 2.82. The van der Waals surface area contributed by atoms with Crippen molar-refractivity contribution in [3.8, 4) is 0 Å². The Hall–Kier alpha value is -1.52. The second-order valence-electron chi connectivity index (χ2n) is 4.50. The summed E-state index contributed by atoms with van der Waals surface area (Å²) in [5, 5.41) is 0. The lowest BCUT2D eigenvalue weighted by atomic mass is 9.84. The predicted molar refractivity (Wildman–Crippen MR) is 74.6 cm³/mol. The van der Waals surface area contributed by atoms with Crippen LogP contribution in [0.4, 0.5) is 4.79 Å². The summed E-state index contributed by atoms with van der Waals surface area (Å²) in [4.78, 5) is 17.8. The highest BCUT2D eigenvalue weighted by Crippen LogP contribution is 2.11. The van der Waals surface area contributed by atoms with Crippen LogP contribution in [-0.2, 0) is 4.74 Å². The molecule has 0 aromatic carbocycles. The molecule has 1 amide bonds. The lowest BCUT2D eigenvalue weighted by Gasteiger charge is -2.24. The van der Waals surface area contributed by atoms with E-state index in [1.807, 2.05) is 27.5 Å². The average molecular weight is 247 g/mol. The predicted octanol–water partition coefficient (Wildman–Crippen LogP) is 3.01. The third kappa shape index (κ3) is 4.78. The number of carbonyl (C=O) groups excluding carboxylic acids is 1. The summed E-state index contributed by atoms with van der Waals surface area (Å²) in [6, 6.07) is 0. The molecule has 0 fully saturated rings. The number of amides is 1. The van der Waals surface area contributed by atoms with Crippen LogP contribution in [0.1, 0.15) is 27.2 Å². The topological polar surface area (TPSA) is 41.9 Å². The number of ether oxygens (including phenoxy) is 1. The molecule has 1 heterocycles. The van der Waals surface area contributed by atoms with E-state index in [2.05, 4.69) is 18.5 Å². The fourth-order valence-corrected chi connectivity index (χ4v) is 1.58. The summed E-state index contributed by atoms with van der Waals surface area (Å²) in [5.74, 6) is 0.500. The van der Waals surface area contributed by atoms with Crippen molar-refractivity contribution in [1.29, 1.82) is 0 Å². The number of allylic oxidation sites excluding steroid dienone is 2. The molecule has 1 aliphatic rings. The van der Waals surface area contributed by atoms with Gasteiger partial charge in [-0.1, -0.05) is 33.2 Å². The molecule has 1 radical (unpaired) electrons. The van der Waals surface area contributed by atoms with Gasteiger partial charge < -0.3 is 9.55 Å². The minimum Gasteiger partial charge on any atom is -0.412 e. The summed E-state index contributed by atoms with van der Waals surface area (Å²) < 4.78 is 5.17. The van der Waals surface area contributed by atoms with Gasteiger partial charge in [0.1, 0.15) is 5.76 Å². The molecular weight excluding hydrogens is 227 g/mol. The number of aliphatic imine (C=N–C) groups is 1. The molecule has 0 saturated carbocycles. The van der Waals surface area contributed by atoms with Gasteiger partial charge in [-0.25, -0.2) is 4.79 Å². The fourth-order valence-electron chi connectivity index (χ4n) is 1.58. The lowest BCUT2D eigenvalue weighted by Crippen LogP contribution is -2.38. The number of hydrogen-bond donors (Lipinski definition) is 0. The number of nitrogens with zero attached hydrogens (tertiary/aromatic N) is 2. The second-order valence-corrected chi connectivity index (χ2v) is 4.50. The normalized spacial score (nSPS) is 24.3. The van der Waals surface area contributed by atoms with Crippen molar-refractivity contribution in [2.24, 2.45) is 10.9 Å². The average Bonchev–Trinajstić information content (AvgIpc) is 2.30. The summed E-state index contributed by atoms with van der Waals surface area (Å²) in [7, 11) is 1.87. The van der Waals surface area contributed by atoms with Gasteiger partial charge in [0.25, 0.3) is 7.41 Å². The molecule has 0 spiro atoms. The van der Waals surface area contributed by atoms with Crippen molar-refractivity contribution >= 4 is 19.7 Å². The first-order valence-corrected chi connectivity index (χ1v) is 6.26. The van der Waals surface area contributed by atoms with Crippen molar-refractivity contribution in [1.82, 2.24) is 4.81 Å². The van der Waals surface area contributed by atoms with Crippen LogP contribution < -0.4 is 0 Å². The largest absolute Gasteiger partial charge is 0.412 e. The molecule has 0 aromatic rings.